The summed E-state index contributed by atoms with van der Waals surface area (Å²) in [5.41, 5.74) is 1.77. The first kappa shape index (κ1) is 16.1. The van der Waals surface area contributed by atoms with E-state index in [1.807, 2.05) is 13.0 Å². The molecule has 0 saturated carbocycles. The third-order valence-corrected chi connectivity index (χ3v) is 5.43. The molecule has 0 atom stereocenters. The van der Waals surface area contributed by atoms with Crippen LogP contribution in [0.15, 0.2) is 28.7 Å². The summed E-state index contributed by atoms with van der Waals surface area (Å²) in [6.07, 6.45) is 2.77. The Balaban J connectivity index is 2.43. The van der Waals surface area contributed by atoms with Crippen molar-refractivity contribution in [2.24, 2.45) is 0 Å². The first-order chi connectivity index (χ1) is 9.86. The summed E-state index contributed by atoms with van der Waals surface area (Å²) in [6, 6.07) is 2.85. The van der Waals surface area contributed by atoms with Gasteiger partial charge in [-0.1, -0.05) is 11.6 Å². The number of rotatable bonds is 4. The molecule has 0 unspecified atom stereocenters. The lowest BCUT2D eigenvalue weighted by atomic mass is 10.1. The molecule has 1 aromatic carbocycles. The third kappa shape index (κ3) is 3.33. The molecule has 1 aliphatic rings. The Kier molecular flexibility index (Phi) is 4.81. The van der Waals surface area contributed by atoms with Crippen LogP contribution >= 0.6 is 0 Å². The number of nitrogens with zero attached hydrogens (tertiary/aromatic N) is 1. The van der Waals surface area contributed by atoms with Crippen molar-refractivity contribution in [3.8, 4) is 0 Å². The molecular formula is C15H21FN2O2S. The summed E-state index contributed by atoms with van der Waals surface area (Å²) >= 11 is 0. The van der Waals surface area contributed by atoms with Gasteiger partial charge in [0, 0.05) is 25.2 Å². The Labute approximate surface area is 125 Å². The molecule has 6 heteroatoms. The highest BCUT2D eigenvalue weighted by atomic mass is 32.2. The lowest BCUT2D eigenvalue weighted by Crippen LogP contribution is -2.35. The SMILES string of the molecule is CNCc1cc(S(=O)(=O)N2CCC=C(C)C2)cc(C)c1F. The van der Waals surface area contributed by atoms with Crippen LogP contribution in [0, 0.1) is 12.7 Å². The summed E-state index contributed by atoms with van der Waals surface area (Å²) in [7, 11) is -1.87. The normalized spacial score (nSPS) is 16.9. The summed E-state index contributed by atoms with van der Waals surface area (Å²) in [5, 5.41) is 2.86. The molecule has 1 heterocycles. The van der Waals surface area contributed by atoms with Gasteiger partial charge in [0.2, 0.25) is 10.0 Å². The van der Waals surface area contributed by atoms with E-state index in [1.165, 1.54) is 16.4 Å². The Hall–Kier alpha value is -1.24. The first-order valence-electron chi connectivity index (χ1n) is 6.95. The van der Waals surface area contributed by atoms with Gasteiger partial charge in [-0.25, -0.2) is 12.8 Å². The fourth-order valence-electron chi connectivity index (χ4n) is 2.51. The van der Waals surface area contributed by atoms with Crippen LogP contribution in [0.2, 0.25) is 0 Å². The molecule has 0 amide bonds. The Morgan fingerprint density at radius 2 is 2.05 bits per heavy atom. The van der Waals surface area contributed by atoms with Gasteiger partial charge in [0.15, 0.2) is 0 Å². The maximum Gasteiger partial charge on any atom is 0.243 e. The van der Waals surface area contributed by atoms with Crippen LogP contribution in [-0.2, 0) is 16.6 Å². The monoisotopic (exact) mass is 312 g/mol. The van der Waals surface area contributed by atoms with Crippen LogP contribution < -0.4 is 5.32 Å². The second-order valence-electron chi connectivity index (χ2n) is 5.42. The number of hydrogen-bond donors (Lipinski definition) is 1. The minimum absolute atomic E-state index is 0.168. The number of benzene rings is 1. The molecule has 4 nitrogen and oxygen atoms in total. The molecule has 2 rings (SSSR count). The first-order valence-corrected chi connectivity index (χ1v) is 8.39. The molecule has 21 heavy (non-hydrogen) atoms. The highest BCUT2D eigenvalue weighted by Crippen LogP contribution is 2.24. The number of sulfonamides is 1. The average Bonchev–Trinajstić information content (AvgIpc) is 2.43. The van der Waals surface area contributed by atoms with Crippen LogP contribution in [0.4, 0.5) is 4.39 Å². The lowest BCUT2D eigenvalue weighted by molar-refractivity contribution is 0.427. The van der Waals surface area contributed by atoms with E-state index in [2.05, 4.69) is 5.32 Å². The molecule has 0 aliphatic carbocycles. The molecule has 116 valence electrons. The Morgan fingerprint density at radius 3 is 2.67 bits per heavy atom. The van der Waals surface area contributed by atoms with Crippen LogP contribution in [0.25, 0.3) is 0 Å². The number of hydrogen-bond acceptors (Lipinski definition) is 3. The molecule has 1 N–H and O–H groups in total. The van der Waals surface area contributed by atoms with Gasteiger partial charge >= 0.3 is 0 Å². The number of aryl methyl sites for hydroxylation is 1. The van der Waals surface area contributed by atoms with E-state index >= 15 is 0 Å². The maximum atomic E-state index is 14.0. The van der Waals surface area contributed by atoms with E-state index in [1.54, 1.807) is 14.0 Å². The zero-order chi connectivity index (χ0) is 15.6. The predicted octanol–water partition coefficient (Wildman–Crippen LogP) is 2.19. The summed E-state index contributed by atoms with van der Waals surface area (Å²) in [5.74, 6) is -0.349. The van der Waals surface area contributed by atoms with Gasteiger partial charge < -0.3 is 5.32 Å². The van der Waals surface area contributed by atoms with Crippen molar-refractivity contribution in [3.63, 3.8) is 0 Å². The predicted molar refractivity (Wildman–Crippen MR) is 81.0 cm³/mol. The van der Waals surface area contributed by atoms with Gasteiger partial charge in [-0.15, -0.1) is 0 Å². The van der Waals surface area contributed by atoms with Crippen molar-refractivity contribution in [2.45, 2.75) is 31.7 Å². The molecule has 0 fully saturated rings. The van der Waals surface area contributed by atoms with Crippen LogP contribution in [-0.4, -0.2) is 32.9 Å². The van der Waals surface area contributed by atoms with E-state index in [0.29, 0.717) is 37.2 Å². The standard InChI is InChI=1S/C15H21FN2O2S/c1-11-5-4-6-18(10-11)21(19,20)14-7-12(2)15(16)13(8-14)9-17-3/h5,7-8,17H,4,6,9-10H2,1-3H3. The fraction of sp³-hybridized carbons (Fsp3) is 0.467. The number of halogens is 1. The molecule has 1 aliphatic heterocycles. The third-order valence-electron chi connectivity index (χ3n) is 3.61. The molecular weight excluding hydrogens is 291 g/mol. The van der Waals surface area contributed by atoms with E-state index in [9.17, 15) is 12.8 Å². The quantitative estimate of drug-likeness (QED) is 0.867. The molecule has 0 aromatic heterocycles. The minimum Gasteiger partial charge on any atom is -0.316 e. The second kappa shape index (κ2) is 6.25. The van der Waals surface area contributed by atoms with E-state index in [4.69, 9.17) is 0 Å². The van der Waals surface area contributed by atoms with Gasteiger partial charge in [-0.05, 0) is 45.0 Å². The molecule has 0 saturated heterocycles. The average molecular weight is 312 g/mol. The molecule has 1 aromatic rings. The van der Waals surface area contributed by atoms with Gasteiger partial charge in [-0.3, -0.25) is 0 Å². The lowest BCUT2D eigenvalue weighted by Gasteiger charge is -2.26. The smallest absolute Gasteiger partial charge is 0.243 e. The maximum absolute atomic E-state index is 14.0. The van der Waals surface area contributed by atoms with Gasteiger partial charge in [0.25, 0.3) is 0 Å². The highest BCUT2D eigenvalue weighted by Gasteiger charge is 2.27. The van der Waals surface area contributed by atoms with Crippen molar-refractivity contribution >= 4 is 10.0 Å². The second-order valence-corrected chi connectivity index (χ2v) is 7.36. The van der Waals surface area contributed by atoms with Crippen LogP contribution in [0.5, 0.6) is 0 Å². The minimum atomic E-state index is -3.58. The van der Waals surface area contributed by atoms with Crippen LogP contribution in [0.1, 0.15) is 24.5 Å². The van der Waals surface area contributed by atoms with Crippen molar-refractivity contribution < 1.29 is 12.8 Å². The molecule has 0 bridgehead atoms. The highest BCUT2D eigenvalue weighted by molar-refractivity contribution is 7.89. The largest absolute Gasteiger partial charge is 0.316 e. The van der Waals surface area contributed by atoms with Crippen molar-refractivity contribution in [3.05, 3.63) is 40.7 Å². The summed E-state index contributed by atoms with van der Waals surface area (Å²) in [6.45, 7) is 4.69. The number of nitrogens with one attached hydrogen (secondary N) is 1. The van der Waals surface area contributed by atoms with Crippen molar-refractivity contribution in [2.75, 3.05) is 20.1 Å². The van der Waals surface area contributed by atoms with E-state index in [-0.39, 0.29) is 10.7 Å². The summed E-state index contributed by atoms with van der Waals surface area (Å²) < 4.78 is 40.9. The Bertz CT molecular complexity index is 668. The van der Waals surface area contributed by atoms with Gasteiger partial charge in [0.1, 0.15) is 5.82 Å². The topological polar surface area (TPSA) is 49.4 Å². The van der Waals surface area contributed by atoms with E-state index in [0.717, 1.165) is 5.57 Å². The summed E-state index contributed by atoms with van der Waals surface area (Å²) in [4.78, 5) is 0.168. The van der Waals surface area contributed by atoms with Gasteiger partial charge in [-0.2, -0.15) is 4.31 Å². The Morgan fingerprint density at radius 1 is 1.33 bits per heavy atom. The molecule has 0 radical (unpaired) electrons. The van der Waals surface area contributed by atoms with E-state index < -0.39 is 10.0 Å². The zero-order valence-corrected chi connectivity index (χ0v) is 13.4. The van der Waals surface area contributed by atoms with Crippen molar-refractivity contribution in [1.82, 2.24) is 9.62 Å². The van der Waals surface area contributed by atoms with Crippen molar-refractivity contribution in [1.29, 1.82) is 0 Å². The zero-order valence-electron chi connectivity index (χ0n) is 12.6. The fourth-order valence-corrected chi connectivity index (χ4v) is 4.14. The van der Waals surface area contributed by atoms with Crippen LogP contribution in [0.3, 0.4) is 0 Å². The molecule has 0 spiro atoms. The van der Waals surface area contributed by atoms with Gasteiger partial charge in [0.05, 0.1) is 4.90 Å².